The molecule has 1 aliphatic heterocycles. The molecule has 4 rings (SSSR count). The Balaban J connectivity index is 1.51. The lowest BCUT2D eigenvalue weighted by atomic mass is 10.0. The van der Waals surface area contributed by atoms with Gasteiger partial charge in [0, 0.05) is 23.7 Å². The molecule has 2 heterocycles. The molecule has 2 aromatic rings. The molecule has 1 N–H and O–H groups in total. The fraction of sp³-hybridized carbons (Fsp3) is 0.500. The zero-order valence-electron chi connectivity index (χ0n) is 14.3. The third-order valence-electron chi connectivity index (χ3n) is 4.75. The van der Waals surface area contributed by atoms with Gasteiger partial charge in [0.1, 0.15) is 5.69 Å². The van der Waals surface area contributed by atoms with Crippen molar-refractivity contribution >= 4 is 0 Å². The van der Waals surface area contributed by atoms with Crippen molar-refractivity contribution in [1.82, 2.24) is 15.0 Å². The van der Waals surface area contributed by atoms with E-state index >= 15 is 0 Å². The second kappa shape index (κ2) is 7.38. The highest BCUT2D eigenvalue weighted by molar-refractivity contribution is 5.64. The minimum atomic E-state index is -0.0348. The van der Waals surface area contributed by atoms with Crippen LogP contribution in [0.15, 0.2) is 24.4 Å². The zero-order chi connectivity index (χ0) is 17.1. The first kappa shape index (κ1) is 16.3. The number of ether oxygens (including phenoxy) is 1. The Bertz CT molecular complexity index is 793. The van der Waals surface area contributed by atoms with Crippen LogP contribution in [0.5, 0.6) is 0 Å². The van der Waals surface area contributed by atoms with Crippen LogP contribution in [0.25, 0.3) is 11.3 Å². The molecular formula is C20H23N3O2. The van der Waals surface area contributed by atoms with Crippen molar-refractivity contribution in [2.45, 2.75) is 51.4 Å². The Morgan fingerprint density at radius 1 is 1.24 bits per heavy atom. The van der Waals surface area contributed by atoms with Crippen molar-refractivity contribution in [3.8, 4) is 23.1 Å². The molecule has 1 unspecified atom stereocenters. The van der Waals surface area contributed by atoms with Gasteiger partial charge >= 0.3 is 0 Å². The number of aliphatic hydroxyl groups is 1. The second-order valence-corrected chi connectivity index (χ2v) is 6.89. The number of rotatable bonds is 4. The number of nitrogens with zero attached hydrogens (tertiary/aromatic N) is 3. The van der Waals surface area contributed by atoms with Crippen molar-refractivity contribution in [3.63, 3.8) is 0 Å². The minimum Gasteiger partial charge on any atom is -0.392 e. The Morgan fingerprint density at radius 2 is 2.16 bits per heavy atom. The van der Waals surface area contributed by atoms with Gasteiger partial charge in [0.15, 0.2) is 0 Å². The van der Waals surface area contributed by atoms with Crippen LogP contribution in [0.1, 0.15) is 43.2 Å². The fourth-order valence-corrected chi connectivity index (χ4v) is 3.14. The van der Waals surface area contributed by atoms with Crippen molar-refractivity contribution in [3.05, 3.63) is 35.5 Å². The molecule has 0 radical (unpaired) electrons. The van der Waals surface area contributed by atoms with Gasteiger partial charge in [-0.1, -0.05) is 23.1 Å². The maximum Gasteiger partial charge on any atom is 0.113 e. The summed E-state index contributed by atoms with van der Waals surface area (Å²) < 4.78 is 7.61. The van der Waals surface area contributed by atoms with E-state index in [2.05, 4.69) is 22.2 Å². The molecule has 2 fully saturated rings. The van der Waals surface area contributed by atoms with E-state index < -0.39 is 0 Å². The molecule has 1 saturated carbocycles. The van der Waals surface area contributed by atoms with E-state index in [9.17, 15) is 5.11 Å². The quantitative estimate of drug-likeness (QED) is 0.872. The number of hydrogen-bond donors (Lipinski definition) is 1. The SMILES string of the molecule is OCc1cc(C#CC2CC2)ccc1-c1cn(CC2CCCCO2)nn1. The van der Waals surface area contributed by atoms with Gasteiger partial charge in [-0.15, -0.1) is 5.10 Å². The molecule has 5 nitrogen and oxygen atoms in total. The predicted molar refractivity (Wildman–Crippen MR) is 94.6 cm³/mol. The average Bonchev–Trinajstić information content (AvgIpc) is 3.38. The first-order valence-corrected chi connectivity index (χ1v) is 9.09. The van der Waals surface area contributed by atoms with E-state index in [-0.39, 0.29) is 12.7 Å². The van der Waals surface area contributed by atoms with Gasteiger partial charge in [0.2, 0.25) is 0 Å². The summed E-state index contributed by atoms with van der Waals surface area (Å²) in [6.45, 7) is 1.53. The lowest BCUT2D eigenvalue weighted by Crippen LogP contribution is -2.24. The van der Waals surface area contributed by atoms with Gasteiger partial charge in [0.25, 0.3) is 0 Å². The minimum absolute atomic E-state index is 0.0348. The topological polar surface area (TPSA) is 60.2 Å². The highest BCUT2D eigenvalue weighted by Crippen LogP contribution is 2.28. The van der Waals surface area contributed by atoms with Crippen molar-refractivity contribution in [2.75, 3.05) is 6.61 Å². The van der Waals surface area contributed by atoms with Crippen LogP contribution < -0.4 is 0 Å². The largest absolute Gasteiger partial charge is 0.392 e. The maximum atomic E-state index is 9.74. The monoisotopic (exact) mass is 337 g/mol. The molecule has 5 heteroatoms. The highest BCUT2D eigenvalue weighted by Gasteiger charge is 2.18. The lowest BCUT2D eigenvalue weighted by Gasteiger charge is -2.21. The Kier molecular flexibility index (Phi) is 4.82. The lowest BCUT2D eigenvalue weighted by molar-refractivity contribution is 0.00370. The van der Waals surface area contributed by atoms with E-state index in [1.54, 1.807) is 0 Å². The summed E-state index contributed by atoms with van der Waals surface area (Å²) in [7, 11) is 0. The smallest absolute Gasteiger partial charge is 0.113 e. The molecule has 1 aliphatic carbocycles. The summed E-state index contributed by atoms with van der Waals surface area (Å²) in [5.74, 6) is 7.02. The second-order valence-electron chi connectivity index (χ2n) is 6.89. The molecule has 1 aromatic carbocycles. The summed E-state index contributed by atoms with van der Waals surface area (Å²) in [5, 5.41) is 18.3. The van der Waals surface area contributed by atoms with Crippen molar-refractivity contribution in [2.24, 2.45) is 5.92 Å². The molecule has 0 bridgehead atoms. The van der Waals surface area contributed by atoms with Crippen molar-refractivity contribution < 1.29 is 9.84 Å². The normalized spacial score (nSPS) is 20.1. The predicted octanol–water partition coefficient (Wildman–Crippen LogP) is 2.77. The molecule has 25 heavy (non-hydrogen) atoms. The molecule has 130 valence electrons. The summed E-state index contributed by atoms with van der Waals surface area (Å²) in [6.07, 6.45) is 8.02. The van der Waals surface area contributed by atoms with Crippen molar-refractivity contribution in [1.29, 1.82) is 0 Å². The van der Waals surface area contributed by atoms with Gasteiger partial charge < -0.3 is 9.84 Å². The van der Waals surface area contributed by atoms with Crippen LogP contribution in [0.3, 0.4) is 0 Å². The Hall–Kier alpha value is -2.16. The third kappa shape index (κ3) is 4.09. The van der Waals surface area contributed by atoms with E-state index in [1.165, 1.54) is 19.3 Å². The summed E-state index contributed by atoms with van der Waals surface area (Å²) in [4.78, 5) is 0. The molecule has 0 spiro atoms. The van der Waals surface area contributed by atoms with Crippen LogP contribution in [0.2, 0.25) is 0 Å². The summed E-state index contributed by atoms with van der Waals surface area (Å²) in [6, 6.07) is 5.93. The van der Waals surface area contributed by atoms with E-state index in [0.29, 0.717) is 5.92 Å². The average molecular weight is 337 g/mol. The highest BCUT2D eigenvalue weighted by atomic mass is 16.5. The van der Waals surface area contributed by atoms with Crippen LogP contribution in [-0.4, -0.2) is 32.8 Å². The van der Waals surface area contributed by atoms with Gasteiger partial charge in [0.05, 0.1) is 25.5 Å². The molecular weight excluding hydrogens is 314 g/mol. The van der Waals surface area contributed by atoms with Crippen LogP contribution in [-0.2, 0) is 17.9 Å². The zero-order valence-corrected chi connectivity index (χ0v) is 14.3. The molecule has 2 aliphatic rings. The Morgan fingerprint density at radius 3 is 2.92 bits per heavy atom. The van der Waals surface area contributed by atoms with Crippen LogP contribution in [0.4, 0.5) is 0 Å². The molecule has 1 atom stereocenters. The van der Waals surface area contributed by atoms with Crippen LogP contribution in [0, 0.1) is 17.8 Å². The first-order chi connectivity index (χ1) is 12.3. The molecule has 1 saturated heterocycles. The molecule has 1 aromatic heterocycles. The summed E-state index contributed by atoms with van der Waals surface area (Å²) in [5.41, 5.74) is 3.48. The number of hydrogen-bond acceptors (Lipinski definition) is 4. The number of benzene rings is 1. The first-order valence-electron chi connectivity index (χ1n) is 9.09. The maximum absolute atomic E-state index is 9.74. The van der Waals surface area contributed by atoms with E-state index in [4.69, 9.17) is 4.74 Å². The van der Waals surface area contributed by atoms with Gasteiger partial charge in [-0.2, -0.15) is 0 Å². The number of aliphatic hydroxyl groups excluding tert-OH is 1. The third-order valence-corrected chi connectivity index (χ3v) is 4.75. The van der Waals surface area contributed by atoms with Gasteiger partial charge in [-0.25, -0.2) is 4.68 Å². The molecule has 0 amide bonds. The van der Waals surface area contributed by atoms with Gasteiger partial charge in [-0.3, -0.25) is 0 Å². The summed E-state index contributed by atoms with van der Waals surface area (Å²) >= 11 is 0. The van der Waals surface area contributed by atoms with E-state index in [0.717, 1.165) is 48.4 Å². The van der Waals surface area contributed by atoms with E-state index in [1.807, 2.05) is 29.1 Å². The van der Waals surface area contributed by atoms with Gasteiger partial charge in [-0.05, 0) is 49.8 Å². The fourth-order valence-electron chi connectivity index (χ4n) is 3.14. The number of aromatic nitrogens is 3. The Labute approximate surface area is 148 Å². The van der Waals surface area contributed by atoms with Crippen LogP contribution >= 0.6 is 0 Å². The standard InChI is InChI=1S/C20H23N3O2/c24-14-17-11-16(7-6-15-4-5-15)8-9-19(17)20-13-23(22-21-20)12-18-3-1-2-10-25-18/h8-9,11,13,15,18,24H,1-5,10,12,14H2.